The fourth-order valence-electron chi connectivity index (χ4n) is 3.02. The molecule has 25 heavy (non-hydrogen) atoms. The van der Waals surface area contributed by atoms with Crippen LogP contribution in [0.25, 0.3) is 10.8 Å². The second-order valence-corrected chi connectivity index (χ2v) is 7.31. The molecule has 1 aromatic heterocycles. The standard InChI is InChI=1S/C21H31ClN2O/c1-4-5-9-19-15-18-8-6-7-10-20(18)21(23-19)25-14-13-24(3)16-17(2)11-12-22/h6-8,10,15,17H,4-5,9,11-14,16H2,1-3H3. The van der Waals surface area contributed by atoms with Crippen LogP contribution in [0.4, 0.5) is 0 Å². The largest absolute Gasteiger partial charge is 0.476 e. The highest BCUT2D eigenvalue weighted by atomic mass is 35.5. The van der Waals surface area contributed by atoms with Crippen LogP contribution in [0.3, 0.4) is 0 Å². The number of likely N-dealkylation sites (N-methyl/N-ethyl adjacent to an activating group) is 1. The third kappa shape index (κ3) is 6.48. The van der Waals surface area contributed by atoms with Gasteiger partial charge in [-0.05, 0) is 49.7 Å². The van der Waals surface area contributed by atoms with Gasteiger partial charge in [0, 0.05) is 30.0 Å². The van der Waals surface area contributed by atoms with E-state index in [2.05, 4.69) is 50.1 Å². The van der Waals surface area contributed by atoms with Gasteiger partial charge < -0.3 is 9.64 Å². The van der Waals surface area contributed by atoms with E-state index in [9.17, 15) is 0 Å². The highest BCUT2D eigenvalue weighted by Gasteiger charge is 2.09. The van der Waals surface area contributed by atoms with Crippen LogP contribution >= 0.6 is 11.6 Å². The average molecular weight is 363 g/mol. The normalized spacial score (nSPS) is 12.7. The Morgan fingerprint density at radius 1 is 1.28 bits per heavy atom. The topological polar surface area (TPSA) is 25.4 Å². The Bertz CT molecular complexity index is 647. The lowest BCUT2D eigenvalue weighted by Crippen LogP contribution is -2.29. The number of alkyl halides is 1. The Labute approximate surface area is 157 Å². The predicted molar refractivity (Wildman–Crippen MR) is 108 cm³/mol. The first-order valence-electron chi connectivity index (χ1n) is 9.40. The first-order chi connectivity index (χ1) is 12.1. The number of aryl methyl sites for hydroxylation is 1. The van der Waals surface area contributed by atoms with Crippen LogP contribution in [-0.2, 0) is 6.42 Å². The number of unbranched alkanes of at least 4 members (excludes halogenated alkanes) is 1. The van der Waals surface area contributed by atoms with Crippen LogP contribution in [0.15, 0.2) is 30.3 Å². The molecule has 1 heterocycles. The predicted octanol–water partition coefficient (Wildman–Crippen LogP) is 5.15. The van der Waals surface area contributed by atoms with E-state index >= 15 is 0 Å². The summed E-state index contributed by atoms with van der Waals surface area (Å²) in [4.78, 5) is 7.07. The molecule has 0 aliphatic carbocycles. The lowest BCUT2D eigenvalue weighted by molar-refractivity contribution is 0.214. The summed E-state index contributed by atoms with van der Waals surface area (Å²) in [6.07, 6.45) is 4.40. The first-order valence-corrected chi connectivity index (χ1v) is 9.93. The molecule has 1 aromatic carbocycles. The number of hydrogen-bond donors (Lipinski definition) is 0. The maximum absolute atomic E-state index is 6.07. The van der Waals surface area contributed by atoms with E-state index in [4.69, 9.17) is 21.3 Å². The maximum atomic E-state index is 6.07. The lowest BCUT2D eigenvalue weighted by Gasteiger charge is -2.21. The molecule has 0 aliphatic rings. The van der Waals surface area contributed by atoms with Gasteiger partial charge in [0.15, 0.2) is 0 Å². The van der Waals surface area contributed by atoms with Crippen molar-refractivity contribution < 1.29 is 4.74 Å². The van der Waals surface area contributed by atoms with Crippen molar-refractivity contribution in [3.05, 3.63) is 36.0 Å². The molecule has 1 unspecified atom stereocenters. The summed E-state index contributed by atoms with van der Waals surface area (Å²) in [7, 11) is 2.14. The summed E-state index contributed by atoms with van der Waals surface area (Å²) in [6, 6.07) is 10.5. The summed E-state index contributed by atoms with van der Waals surface area (Å²) >= 11 is 5.82. The van der Waals surface area contributed by atoms with E-state index in [1.54, 1.807) is 0 Å². The molecule has 0 saturated heterocycles. The Morgan fingerprint density at radius 3 is 2.84 bits per heavy atom. The summed E-state index contributed by atoms with van der Waals surface area (Å²) in [5.41, 5.74) is 1.12. The second kappa shape index (κ2) is 10.6. The van der Waals surface area contributed by atoms with E-state index in [-0.39, 0.29) is 0 Å². The SMILES string of the molecule is CCCCc1cc2ccccc2c(OCCN(C)CC(C)CCCl)n1. The number of aromatic nitrogens is 1. The molecule has 0 bridgehead atoms. The van der Waals surface area contributed by atoms with Crippen molar-refractivity contribution in [1.82, 2.24) is 9.88 Å². The van der Waals surface area contributed by atoms with Crippen molar-refractivity contribution in [1.29, 1.82) is 0 Å². The molecule has 0 radical (unpaired) electrons. The number of halogens is 1. The second-order valence-electron chi connectivity index (χ2n) is 6.94. The van der Waals surface area contributed by atoms with Crippen molar-refractivity contribution in [2.24, 2.45) is 5.92 Å². The molecular formula is C21H31ClN2O. The fourth-order valence-corrected chi connectivity index (χ4v) is 3.39. The first kappa shape index (κ1) is 20.0. The zero-order valence-corrected chi connectivity index (χ0v) is 16.6. The van der Waals surface area contributed by atoms with Crippen LogP contribution in [-0.4, -0.2) is 42.5 Å². The van der Waals surface area contributed by atoms with Crippen molar-refractivity contribution >= 4 is 22.4 Å². The van der Waals surface area contributed by atoms with Crippen molar-refractivity contribution in [2.45, 2.75) is 39.5 Å². The van der Waals surface area contributed by atoms with Gasteiger partial charge >= 0.3 is 0 Å². The van der Waals surface area contributed by atoms with Gasteiger partial charge in [0.1, 0.15) is 6.61 Å². The molecule has 3 nitrogen and oxygen atoms in total. The summed E-state index contributed by atoms with van der Waals surface area (Å²) in [5, 5.41) is 2.31. The van der Waals surface area contributed by atoms with Crippen LogP contribution in [0.1, 0.15) is 38.8 Å². The molecule has 0 saturated carbocycles. The van der Waals surface area contributed by atoms with Gasteiger partial charge in [-0.2, -0.15) is 0 Å². The molecule has 0 amide bonds. The number of benzene rings is 1. The van der Waals surface area contributed by atoms with Gasteiger partial charge in [0.25, 0.3) is 0 Å². The monoisotopic (exact) mass is 362 g/mol. The van der Waals surface area contributed by atoms with Gasteiger partial charge in [-0.25, -0.2) is 4.98 Å². The van der Waals surface area contributed by atoms with Crippen molar-refractivity contribution in [2.75, 3.05) is 32.6 Å². The molecule has 0 N–H and O–H groups in total. The van der Waals surface area contributed by atoms with E-state index in [0.717, 1.165) is 55.2 Å². The smallest absolute Gasteiger partial charge is 0.221 e. The molecular weight excluding hydrogens is 332 g/mol. The molecule has 0 spiro atoms. The zero-order chi connectivity index (χ0) is 18.1. The third-order valence-corrected chi connectivity index (χ3v) is 4.70. The number of rotatable bonds is 11. The lowest BCUT2D eigenvalue weighted by atomic mass is 10.1. The third-order valence-electron chi connectivity index (χ3n) is 4.48. The van der Waals surface area contributed by atoms with Gasteiger partial charge in [-0.15, -0.1) is 11.6 Å². The molecule has 4 heteroatoms. The molecule has 0 fully saturated rings. The van der Waals surface area contributed by atoms with Crippen LogP contribution in [0.2, 0.25) is 0 Å². The van der Waals surface area contributed by atoms with E-state index in [1.807, 2.05) is 6.07 Å². The molecule has 1 atom stereocenters. The van der Waals surface area contributed by atoms with Gasteiger partial charge in [-0.1, -0.05) is 38.5 Å². The highest BCUT2D eigenvalue weighted by Crippen LogP contribution is 2.25. The van der Waals surface area contributed by atoms with E-state index < -0.39 is 0 Å². The summed E-state index contributed by atoms with van der Waals surface area (Å²) in [6.45, 7) is 7.03. The van der Waals surface area contributed by atoms with E-state index in [1.165, 1.54) is 11.8 Å². The van der Waals surface area contributed by atoms with Crippen LogP contribution in [0, 0.1) is 5.92 Å². The number of pyridine rings is 1. The Balaban J connectivity index is 1.99. The average Bonchev–Trinajstić information content (AvgIpc) is 2.60. The fraction of sp³-hybridized carbons (Fsp3) is 0.571. The van der Waals surface area contributed by atoms with Crippen molar-refractivity contribution in [3.8, 4) is 5.88 Å². The van der Waals surface area contributed by atoms with Gasteiger partial charge in [0.05, 0.1) is 0 Å². The molecule has 0 aliphatic heterocycles. The van der Waals surface area contributed by atoms with Crippen molar-refractivity contribution in [3.63, 3.8) is 0 Å². The number of fused-ring (bicyclic) bond motifs is 1. The Hall–Kier alpha value is -1.32. The minimum Gasteiger partial charge on any atom is -0.476 e. The molecule has 2 aromatic rings. The minimum atomic E-state index is 0.610. The maximum Gasteiger partial charge on any atom is 0.221 e. The van der Waals surface area contributed by atoms with E-state index in [0.29, 0.717) is 12.5 Å². The van der Waals surface area contributed by atoms with Gasteiger partial charge in [0.2, 0.25) is 5.88 Å². The Morgan fingerprint density at radius 2 is 2.08 bits per heavy atom. The zero-order valence-electron chi connectivity index (χ0n) is 15.8. The molecule has 2 rings (SSSR count). The summed E-state index contributed by atoms with van der Waals surface area (Å²) < 4.78 is 6.07. The quantitative estimate of drug-likeness (QED) is 0.517. The van der Waals surface area contributed by atoms with Crippen LogP contribution < -0.4 is 4.74 Å². The number of hydrogen-bond acceptors (Lipinski definition) is 3. The Kier molecular flexibility index (Phi) is 8.50. The van der Waals surface area contributed by atoms with Crippen LogP contribution in [0.5, 0.6) is 5.88 Å². The summed E-state index contributed by atoms with van der Waals surface area (Å²) in [5.74, 6) is 2.11. The molecule has 138 valence electrons. The number of nitrogens with zero attached hydrogens (tertiary/aromatic N) is 2. The number of ether oxygens (including phenoxy) is 1. The highest BCUT2D eigenvalue weighted by molar-refractivity contribution is 6.17. The minimum absolute atomic E-state index is 0.610. The van der Waals surface area contributed by atoms with Gasteiger partial charge in [-0.3, -0.25) is 0 Å².